The third-order valence-corrected chi connectivity index (χ3v) is 7.10. The number of aryl methyl sites for hydroxylation is 2. The maximum atomic E-state index is 11.4. The van der Waals surface area contributed by atoms with E-state index >= 15 is 0 Å². The summed E-state index contributed by atoms with van der Waals surface area (Å²) in [5.41, 5.74) is 1.41. The van der Waals surface area contributed by atoms with Gasteiger partial charge in [0.15, 0.2) is 0 Å². The predicted molar refractivity (Wildman–Crippen MR) is 84.1 cm³/mol. The SMILES string of the molecule is CCS(=O)(=O)CCCC(O)c1cc2c(s1)CCCCC2. The quantitative estimate of drug-likeness (QED) is 0.820. The van der Waals surface area contributed by atoms with Gasteiger partial charge in [-0.05, 0) is 50.2 Å². The summed E-state index contributed by atoms with van der Waals surface area (Å²) in [5.74, 6) is 0.377. The predicted octanol–water partition coefficient (Wildman–Crippen LogP) is 3.27. The lowest BCUT2D eigenvalue weighted by atomic mass is 10.1. The molecule has 1 N–H and O–H groups in total. The van der Waals surface area contributed by atoms with Crippen LogP contribution in [0.2, 0.25) is 0 Å². The molecular formula is C15H24O3S2. The molecule has 1 unspecified atom stereocenters. The van der Waals surface area contributed by atoms with Gasteiger partial charge in [0.1, 0.15) is 9.84 Å². The van der Waals surface area contributed by atoms with E-state index in [0.29, 0.717) is 12.8 Å². The van der Waals surface area contributed by atoms with Gasteiger partial charge in [0.25, 0.3) is 0 Å². The van der Waals surface area contributed by atoms with Gasteiger partial charge in [0, 0.05) is 15.5 Å². The first-order valence-electron chi connectivity index (χ1n) is 7.52. The summed E-state index contributed by atoms with van der Waals surface area (Å²) in [4.78, 5) is 2.45. The summed E-state index contributed by atoms with van der Waals surface area (Å²) < 4.78 is 22.9. The Bertz CT molecular complexity index is 508. The molecule has 1 aromatic rings. The van der Waals surface area contributed by atoms with Crippen LogP contribution < -0.4 is 0 Å². The number of aliphatic hydroxyl groups excluding tert-OH is 1. The summed E-state index contributed by atoms with van der Waals surface area (Å²) >= 11 is 1.72. The van der Waals surface area contributed by atoms with Crippen LogP contribution in [-0.2, 0) is 22.7 Å². The highest BCUT2D eigenvalue weighted by atomic mass is 32.2. The molecule has 0 bridgehead atoms. The molecule has 0 saturated carbocycles. The first kappa shape index (κ1) is 16.0. The van der Waals surface area contributed by atoms with Gasteiger partial charge in [-0.3, -0.25) is 0 Å². The number of sulfone groups is 1. The fourth-order valence-electron chi connectivity index (χ4n) is 2.64. The first-order valence-corrected chi connectivity index (χ1v) is 10.2. The summed E-state index contributed by atoms with van der Waals surface area (Å²) in [6.45, 7) is 1.67. The van der Waals surface area contributed by atoms with Gasteiger partial charge in [-0.15, -0.1) is 11.3 Å². The van der Waals surface area contributed by atoms with Crippen molar-refractivity contribution in [2.24, 2.45) is 0 Å². The van der Waals surface area contributed by atoms with E-state index in [1.165, 1.54) is 29.7 Å². The Morgan fingerprint density at radius 2 is 2.05 bits per heavy atom. The van der Waals surface area contributed by atoms with Gasteiger partial charge in [0.2, 0.25) is 0 Å². The third kappa shape index (κ3) is 4.30. The van der Waals surface area contributed by atoms with E-state index in [9.17, 15) is 13.5 Å². The topological polar surface area (TPSA) is 54.4 Å². The average Bonchev–Trinajstić information content (AvgIpc) is 2.70. The molecule has 0 amide bonds. The van der Waals surface area contributed by atoms with Crippen molar-refractivity contribution in [3.8, 4) is 0 Å². The average molecular weight is 316 g/mol. The molecule has 2 rings (SSSR count). The Kier molecular flexibility index (Phi) is 5.64. The fourth-order valence-corrected chi connectivity index (χ4v) is 4.81. The van der Waals surface area contributed by atoms with E-state index in [2.05, 4.69) is 6.07 Å². The van der Waals surface area contributed by atoms with Crippen molar-refractivity contribution < 1.29 is 13.5 Å². The number of hydrogen-bond donors (Lipinski definition) is 1. The Morgan fingerprint density at radius 3 is 2.80 bits per heavy atom. The zero-order valence-corrected chi connectivity index (χ0v) is 13.7. The van der Waals surface area contributed by atoms with Crippen LogP contribution in [0.25, 0.3) is 0 Å². The standard InChI is InChI=1S/C15H24O3S2/c1-2-20(17,18)10-6-8-13(16)15-11-12-7-4-3-5-9-14(12)19-15/h11,13,16H,2-10H2,1H3. The number of thiophene rings is 1. The van der Waals surface area contributed by atoms with Gasteiger partial charge >= 0.3 is 0 Å². The van der Waals surface area contributed by atoms with Crippen LogP contribution in [0, 0.1) is 0 Å². The minimum Gasteiger partial charge on any atom is -0.388 e. The monoisotopic (exact) mass is 316 g/mol. The molecule has 5 heteroatoms. The van der Waals surface area contributed by atoms with Crippen LogP contribution in [0.15, 0.2) is 6.07 Å². The zero-order chi connectivity index (χ0) is 14.6. The Hall–Kier alpha value is -0.390. The maximum absolute atomic E-state index is 11.4. The molecule has 0 saturated heterocycles. The van der Waals surface area contributed by atoms with E-state index < -0.39 is 15.9 Å². The number of fused-ring (bicyclic) bond motifs is 1. The molecule has 0 aliphatic heterocycles. The lowest BCUT2D eigenvalue weighted by Gasteiger charge is -2.08. The highest BCUT2D eigenvalue weighted by Gasteiger charge is 2.17. The van der Waals surface area contributed by atoms with Crippen LogP contribution >= 0.6 is 11.3 Å². The third-order valence-electron chi connectivity index (χ3n) is 3.97. The zero-order valence-electron chi connectivity index (χ0n) is 12.1. The molecule has 114 valence electrons. The smallest absolute Gasteiger partial charge is 0.150 e. The normalized spacial score (nSPS) is 17.5. The van der Waals surface area contributed by atoms with Gasteiger partial charge in [-0.2, -0.15) is 0 Å². The Morgan fingerprint density at radius 1 is 1.30 bits per heavy atom. The highest BCUT2D eigenvalue weighted by molar-refractivity contribution is 7.91. The van der Waals surface area contributed by atoms with Crippen molar-refractivity contribution in [1.29, 1.82) is 0 Å². The molecule has 1 aliphatic rings. The van der Waals surface area contributed by atoms with Gasteiger partial charge < -0.3 is 5.11 Å². The molecule has 3 nitrogen and oxygen atoms in total. The lowest BCUT2D eigenvalue weighted by Crippen LogP contribution is -2.09. The largest absolute Gasteiger partial charge is 0.388 e. The Labute approximate surface area is 125 Å². The molecule has 20 heavy (non-hydrogen) atoms. The molecular weight excluding hydrogens is 292 g/mol. The van der Waals surface area contributed by atoms with E-state index in [0.717, 1.165) is 17.7 Å². The first-order chi connectivity index (χ1) is 9.52. The van der Waals surface area contributed by atoms with Gasteiger partial charge in [0.05, 0.1) is 11.9 Å². The summed E-state index contributed by atoms with van der Waals surface area (Å²) in [7, 11) is -2.91. The minimum absolute atomic E-state index is 0.186. The van der Waals surface area contributed by atoms with E-state index in [1.54, 1.807) is 18.3 Å². The van der Waals surface area contributed by atoms with Crippen LogP contribution in [0.5, 0.6) is 0 Å². The number of rotatable bonds is 6. The van der Waals surface area contributed by atoms with Gasteiger partial charge in [-0.25, -0.2) is 8.42 Å². The van der Waals surface area contributed by atoms with Crippen molar-refractivity contribution in [3.63, 3.8) is 0 Å². The molecule has 0 aromatic carbocycles. The van der Waals surface area contributed by atoms with Gasteiger partial charge in [-0.1, -0.05) is 13.3 Å². The summed E-state index contributed by atoms with van der Waals surface area (Å²) in [6.07, 6.45) is 6.64. The fraction of sp³-hybridized carbons (Fsp3) is 0.733. The second kappa shape index (κ2) is 7.05. The van der Waals surface area contributed by atoms with Crippen molar-refractivity contribution in [2.75, 3.05) is 11.5 Å². The Balaban J connectivity index is 1.91. The maximum Gasteiger partial charge on any atom is 0.150 e. The van der Waals surface area contributed by atoms with Crippen LogP contribution in [0.3, 0.4) is 0 Å². The molecule has 1 heterocycles. The second-order valence-electron chi connectivity index (χ2n) is 5.55. The highest BCUT2D eigenvalue weighted by Crippen LogP contribution is 2.33. The lowest BCUT2D eigenvalue weighted by molar-refractivity contribution is 0.170. The van der Waals surface area contributed by atoms with Crippen LogP contribution in [-0.4, -0.2) is 25.0 Å². The van der Waals surface area contributed by atoms with Crippen LogP contribution in [0.4, 0.5) is 0 Å². The molecule has 0 spiro atoms. The molecule has 1 aromatic heterocycles. The minimum atomic E-state index is -2.91. The van der Waals surface area contributed by atoms with Crippen molar-refractivity contribution in [3.05, 3.63) is 21.4 Å². The number of hydrogen-bond acceptors (Lipinski definition) is 4. The summed E-state index contributed by atoms with van der Waals surface area (Å²) in [5, 5.41) is 10.2. The molecule has 0 fully saturated rings. The second-order valence-corrected chi connectivity index (χ2v) is 9.19. The van der Waals surface area contributed by atoms with E-state index in [1.807, 2.05) is 0 Å². The summed E-state index contributed by atoms with van der Waals surface area (Å²) in [6, 6.07) is 2.14. The number of aliphatic hydroxyl groups is 1. The van der Waals surface area contributed by atoms with Crippen molar-refractivity contribution in [2.45, 2.75) is 58.0 Å². The van der Waals surface area contributed by atoms with Crippen molar-refractivity contribution >= 4 is 21.2 Å². The van der Waals surface area contributed by atoms with E-state index in [4.69, 9.17) is 0 Å². The molecule has 1 atom stereocenters. The van der Waals surface area contributed by atoms with E-state index in [-0.39, 0.29) is 11.5 Å². The van der Waals surface area contributed by atoms with Crippen LogP contribution in [0.1, 0.15) is 60.4 Å². The molecule has 0 radical (unpaired) electrons. The van der Waals surface area contributed by atoms with Crippen molar-refractivity contribution in [1.82, 2.24) is 0 Å². The molecule has 1 aliphatic carbocycles.